The van der Waals surface area contributed by atoms with Gasteiger partial charge in [0.05, 0.1) is 0 Å². The largest absolute Gasteiger partial charge is 0.361 e. The lowest BCUT2D eigenvalue weighted by atomic mass is 10.1. The molecular formula is C5H12N2O. The van der Waals surface area contributed by atoms with Crippen LogP contribution < -0.4 is 5.73 Å². The highest BCUT2D eigenvalue weighted by Crippen LogP contribution is 2.14. The van der Waals surface area contributed by atoms with E-state index in [9.17, 15) is 0 Å². The van der Waals surface area contributed by atoms with E-state index < -0.39 is 0 Å². The molecule has 0 atom stereocenters. The number of methoxy groups -OCH3 is 1. The summed E-state index contributed by atoms with van der Waals surface area (Å²) in [5.41, 5.74) is 5.29. The first-order valence-corrected chi connectivity index (χ1v) is 2.69. The Labute approximate surface area is 49.4 Å². The molecule has 0 amide bonds. The Kier molecular flexibility index (Phi) is 1.27. The summed E-state index contributed by atoms with van der Waals surface area (Å²) in [7, 11) is 3.66. The molecule has 0 saturated carbocycles. The third-order valence-electron chi connectivity index (χ3n) is 1.48. The van der Waals surface area contributed by atoms with Crippen molar-refractivity contribution in [2.75, 3.05) is 27.2 Å². The van der Waals surface area contributed by atoms with Crippen LogP contribution in [0.25, 0.3) is 0 Å². The van der Waals surface area contributed by atoms with Gasteiger partial charge in [0.15, 0.2) is 0 Å². The molecule has 1 aliphatic heterocycles. The van der Waals surface area contributed by atoms with Crippen molar-refractivity contribution < 1.29 is 4.74 Å². The molecule has 1 saturated heterocycles. The molecule has 0 unspecified atom stereocenters. The summed E-state index contributed by atoms with van der Waals surface area (Å²) in [6.07, 6.45) is 0. The molecular weight excluding hydrogens is 104 g/mol. The zero-order chi connectivity index (χ0) is 6.20. The molecule has 8 heavy (non-hydrogen) atoms. The summed E-state index contributed by atoms with van der Waals surface area (Å²) in [6.45, 7) is 1.70. The van der Waals surface area contributed by atoms with Gasteiger partial charge in [-0.25, -0.2) is 0 Å². The van der Waals surface area contributed by atoms with Crippen molar-refractivity contribution in [3.05, 3.63) is 0 Å². The summed E-state index contributed by atoms with van der Waals surface area (Å²) in [5, 5.41) is 0. The lowest BCUT2D eigenvalue weighted by Crippen LogP contribution is -2.66. The lowest BCUT2D eigenvalue weighted by molar-refractivity contribution is -0.109. The van der Waals surface area contributed by atoms with Gasteiger partial charge in [0.25, 0.3) is 0 Å². The molecule has 1 fully saturated rings. The Morgan fingerprint density at radius 2 is 2.12 bits per heavy atom. The quantitative estimate of drug-likeness (QED) is 0.457. The van der Waals surface area contributed by atoms with Crippen LogP contribution in [0.1, 0.15) is 0 Å². The smallest absolute Gasteiger partial charge is 0.141 e. The molecule has 0 radical (unpaired) electrons. The Hall–Kier alpha value is -0.120. The van der Waals surface area contributed by atoms with E-state index in [1.807, 2.05) is 7.05 Å². The molecule has 3 nitrogen and oxygen atoms in total. The molecule has 3 heteroatoms. The number of hydrogen-bond acceptors (Lipinski definition) is 3. The van der Waals surface area contributed by atoms with Crippen LogP contribution in [0.15, 0.2) is 0 Å². The van der Waals surface area contributed by atoms with Crippen molar-refractivity contribution in [2.45, 2.75) is 5.72 Å². The van der Waals surface area contributed by atoms with Gasteiger partial charge >= 0.3 is 0 Å². The lowest BCUT2D eigenvalue weighted by Gasteiger charge is -2.44. The Morgan fingerprint density at radius 3 is 2.25 bits per heavy atom. The molecule has 1 aliphatic rings. The summed E-state index contributed by atoms with van der Waals surface area (Å²) in [4.78, 5) is 2.11. The fourth-order valence-corrected chi connectivity index (χ4v) is 0.997. The molecule has 1 heterocycles. The van der Waals surface area contributed by atoms with Crippen LogP contribution >= 0.6 is 0 Å². The maximum atomic E-state index is 5.63. The predicted molar refractivity (Wildman–Crippen MR) is 31.4 cm³/mol. The molecule has 0 spiro atoms. The van der Waals surface area contributed by atoms with Crippen molar-refractivity contribution >= 4 is 0 Å². The SMILES string of the molecule is COC1(N)CN(C)C1. The van der Waals surface area contributed by atoms with Crippen LogP contribution in [-0.2, 0) is 4.74 Å². The summed E-state index contributed by atoms with van der Waals surface area (Å²) < 4.78 is 4.98. The van der Waals surface area contributed by atoms with E-state index >= 15 is 0 Å². The van der Waals surface area contributed by atoms with Gasteiger partial charge in [-0.05, 0) is 7.05 Å². The van der Waals surface area contributed by atoms with E-state index in [1.54, 1.807) is 7.11 Å². The minimum Gasteiger partial charge on any atom is -0.361 e. The zero-order valence-electron chi connectivity index (χ0n) is 5.35. The number of hydrogen-bond donors (Lipinski definition) is 1. The first kappa shape index (κ1) is 6.01. The normalized spacial score (nSPS) is 27.4. The molecule has 0 aliphatic carbocycles. The Morgan fingerprint density at radius 1 is 1.62 bits per heavy atom. The molecule has 1 rings (SSSR count). The molecule has 0 bridgehead atoms. The number of rotatable bonds is 1. The number of likely N-dealkylation sites (tertiary alicyclic amines) is 1. The zero-order valence-corrected chi connectivity index (χ0v) is 5.35. The van der Waals surface area contributed by atoms with Gasteiger partial charge < -0.3 is 10.5 Å². The molecule has 48 valence electrons. The van der Waals surface area contributed by atoms with Gasteiger partial charge in [0.1, 0.15) is 5.72 Å². The standard InChI is InChI=1S/C5H12N2O/c1-7-3-5(6,4-7)8-2/h3-4,6H2,1-2H3. The highest BCUT2D eigenvalue weighted by molar-refractivity contribution is 4.89. The number of nitrogens with zero attached hydrogens (tertiary/aromatic N) is 1. The van der Waals surface area contributed by atoms with Crippen LogP contribution in [0.4, 0.5) is 0 Å². The van der Waals surface area contributed by atoms with E-state index in [4.69, 9.17) is 10.5 Å². The fraction of sp³-hybridized carbons (Fsp3) is 1.00. The fourth-order valence-electron chi connectivity index (χ4n) is 0.997. The number of nitrogens with two attached hydrogens (primary N) is 1. The highest BCUT2D eigenvalue weighted by Gasteiger charge is 2.36. The third kappa shape index (κ3) is 0.844. The van der Waals surface area contributed by atoms with E-state index in [-0.39, 0.29) is 5.72 Å². The second-order valence-electron chi connectivity index (χ2n) is 2.44. The van der Waals surface area contributed by atoms with Gasteiger partial charge in [0, 0.05) is 20.2 Å². The van der Waals surface area contributed by atoms with Gasteiger partial charge in [-0.15, -0.1) is 0 Å². The Bertz CT molecular complexity index is 88.4. The van der Waals surface area contributed by atoms with Crippen LogP contribution in [0, 0.1) is 0 Å². The van der Waals surface area contributed by atoms with E-state index in [1.165, 1.54) is 0 Å². The summed E-state index contributed by atoms with van der Waals surface area (Å²) in [6, 6.07) is 0. The van der Waals surface area contributed by atoms with Crippen molar-refractivity contribution in [3.8, 4) is 0 Å². The van der Waals surface area contributed by atoms with Gasteiger partial charge in [-0.3, -0.25) is 4.90 Å². The second-order valence-corrected chi connectivity index (χ2v) is 2.44. The Balaban J connectivity index is 2.30. The van der Waals surface area contributed by atoms with E-state index in [2.05, 4.69) is 4.90 Å². The average Bonchev–Trinajstić information content (AvgIpc) is 1.63. The van der Waals surface area contributed by atoms with Crippen molar-refractivity contribution in [2.24, 2.45) is 5.73 Å². The minimum atomic E-state index is -0.339. The number of ether oxygens (including phenoxy) is 1. The van der Waals surface area contributed by atoms with Gasteiger partial charge in [-0.1, -0.05) is 0 Å². The van der Waals surface area contributed by atoms with E-state index in [0.717, 1.165) is 13.1 Å². The number of likely N-dealkylation sites (N-methyl/N-ethyl adjacent to an activating group) is 1. The molecule has 2 N–H and O–H groups in total. The van der Waals surface area contributed by atoms with Gasteiger partial charge in [-0.2, -0.15) is 0 Å². The van der Waals surface area contributed by atoms with Crippen LogP contribution in [-0.4, -0.2) is 37.9 Å². The molecule has 0 aromatic rings. The van der Waals surface area contributed by atoms with Crippen molar-refractivity contribution in [3.63, 3.8) is 0 Å². The summed E-state index contributed by atoms with van der Waals surface area (Å²) in [5.74, 6) is 0. The van der Waals surface area contributed by atoms with E-state index in [0.29, 0.717) is 0 Å². The van der Waals surface area contributed by atoms with Crippen molar-refractivity contribution in [1.29, 1.82) is 0 Å². The topological polar surface area (TPSA) is 38.5 Å². The second kappa shape index (κ2) is 1.69. The van der Waals surface area contributed by atoms with Gasteiger partial charge in [0.2, 0.25) is 0 Å². The molecule has 0 aromatic heterocycles. The maximum Gasteiger partial charge on any atom is 0.141 e. The average molecular weight is 116 g/mol. The van der Waals surface area contributed by atoms with Crippen LogP contribution in [0.3, 0.4) is 0 Å². The minimum absolute atomic E-state index is 0.339. The van der Waals surface area contributed by atoms with Crippen LogP contribution in [0.2, 0.25) is 0 Å². The summed E-state index contributed by atoms with van der Waals surface area (Å²) >= 11 is 0. The monoisotopic (exact) mass is 116 g/mol. The predicted octanol–water partition coefficient (Wildman–Crippen LogP) is -0.767. The van der Waals surface area contributed by atoms with Crippen molar-refractivity contribution in [1.82, 2.24) is 4.90 Å². The van der Waals surface area contributed by atoms with Crippen LogP contribution in [0.5, 0.6) is 0 Å². The first-order chi connectivity index (χ1) is 3.66. The molecule has 0 aromatic carbocycles. The first-order valence-electron chi connectivity index (χ1n) is 2.69. The highest BCUT2D eigenvalue weighted by atomic mass is 16.5. The third-order valence-corrected chi connectivity index (χ3v) is 1.48. The maximum absolute atomic E-state index is 5.63.